The average Bonchev–Trinajstić information content (AvgIpc) is 2.44. The molecular weight excluding hydrogens is 261 g/mol. The largest absolute Gasteiger partial charge is 0.303 e. The number of rotatable bonds is 6. The lowest BCUT2D eigenvalue weighted by molar-refractivity contribution is 0.324. The predicted molar refractivity (Wildman–Crippen MR) is 78.0 cm³/mol. The fourth-order valence-electron chi connectivity index (χ4n) is 1.93. The lowest BCUT2D eigenvalue weighted by atomic mass is 10.2. The van der Waals surface area contributed by atoms with E-state index in [4.69, 9.17) is 0 Å². The maximum Gasteiger partial charge on any atom is 0.124 e. The summed E-state index contributed by atoms with van der Waals surface area (Å²) in [5.74, 6) is 0.706. The monoisotopic (exact) mass is 279 g/mol. The lowest BCUT2D eigenvalue weighted by Gasteiger charge is -2.17. The van der Waals surface area contributed by atoms with Crippen LogP contribution in [0.15, 0.2) is 29.6 Å². The second-order valence-corrected chi connectivity index (χ2v) is 5.30. The molecule has 0 N–H and O–H groups in total. The van der Waals surface area contributed by atoms with E-state index < -0.39 is 0 Å². The minimum Gasteiger partial charge on any atom is -0.303 e. The summed E-state index contributed by atoms with van der Waals surface area (Å²) >= 11 is 1.66. The van der Waals surface area contributed by atoms with E-state index in [0.29, 0.717) is 0 Å². The Kier molecular flexibility index (Phi) is 5.10. The van der Waals surface area contributed by atoms with Crippen LogP contribution in [0.4, 0.5) is 4.39 Å². The zero-order chi connectivity index (χ0) is 13.7. The molecule has 5 heteroatoms. The average molecular weight is 279 g/mol. The first-order valence-electron chi connectivity index (χ1n) is 6.50. The molecule has 0 saturated carbocycles. The second-order valence-electron chi connectivity index (χ2n) is 4.22. The molecule has 0 atom stereocenters. The molecule has 0 bridgehead atoms. The molecule has 102 valence electrons. The third-order valence-electron chi connectivity index (χ3n) is 3.10. The minimum absolute atomic E-state index is 0.243. The van der Waals surface area contributed by atoms with Gasteiger partial charge in [0.25, 0.3) is 0 Å². The first kappa shape index (κ1) is 14.2. The molecular formula is C14H18FN3S. The molecule has 0 aliphatic heterocycles. The van der Waals surface area contributed by atoms with Crippen LogP contribution in [0.5, 0.6) is 0 Å². The smallest absolute Gasteiger partial charge is 0.124 e. The molecule has 0 spiro atoms. The van der Waals surface area contributed by atoms with Crippen LogP contribution in [-0.4, -0.2) is 40.3 Å². The van der Waals surface area contributed by atoms with Gasteiger partial charge in [-0.3, -0.25) is 0 Å². The lowest BCUT2D eigenvalue weighted by Crippen LogP contribution is -2.25. The van der Waals surface area contributed by atoms with Crippen LogP contribution in [-0.2, 0) is 0 Å². The Morgan fingerprint density at radius 1 is 1.21 bits per heavy atom. The van der Waals surface area contributed by atoms with Crippen LogP contribution in [0.3, 0.4) is 0 Å². The van der Waals surface area contributed by atoms with Crippen molar-refractivity contribution >= 4 is 22.7 Å². The molecule has 1 aromatic carbocycles. The van der Waals surface area contributed by atoms with Crippen LogP contribution in [0.1, 0.15) is 13.8 Å². The summed E-state index contributed by atoms with van der Waals surface area (Å²) in [4.78, 5) is 10.8. The summed E-state index contributed by atoms with van der Waals surface area (Å²) in [7, 11) is 0. The topological polar surface area (TPSA) is 29.0 Å². The second kappa shape index (κ2) is 6.82. The van der Waals surface area contributed by atoms with Crippen molar-refractivity contribution in [1.82, 2.24) is 14.9 Å². The van der Waals surface area contributed by atoms with Crippen molar-refractivity contribution in [1.29, 1.82) is 0 Å². The van der Waals surface area contributed by atoms with E-state index >= 15 is 0 Å². The number of nitrogens with zero attached hydrogens (tertiary/aromatic N) is 3. The van der Waals surface area contributed by atoms with Gasteiger partial charge < -0.3 is 4.90 Å². The molecule has 1 heterocycles. The zero-order valence-corrected chi connectivity index (χ0v) is 12.1. The van der Waals surface area contributed by atoms with E-state index in [9.17, 15) is 4.39 Å². The molecule has 0 fully saturated rings. The number of hydrogen-bond acceptors (Lipinski definition) is 4. The highest BCUT2D eigenvalue weighted by Gasteiger charge is 2.06. The Hall–Kier alpha value is -1.20. The molecule has 0 saturated heterocycles. The Morgan fingerprint density at radius 3 is 2.74 bits per heavy atom. The van der Waals surface area contributed by atoms with Crippen molar-refractivity contribution in [2.24, 2.45) is 0 Å². The SMILES string of the molecule is CCN(CC)CCSc1ncnc2ccc(F)cc12. The van der Waals surface area contributed by atoms with Gasteiger partial charge in [-0.15, -0.1) is 11.8 Å². The fourth-order valence-corrected chi connectivity index (χ4v) is 2.91. The van der Waals surface area contributed by atoms with Crippen molar-refractivity contribution in [2.45, 2.75) is 18.9 Å². The fraction of sp³-hybridized carbons (Fsp3) is 0.429. The highest BCUT2D eigenvalue weighted by atomic mass is 32.2. The number of aromatic nitrogens is 2. The summed E-state index contributed by atoms with van der Waals surface area (Å²) in [6, 6.07) is 4.63. The molecule has 2 aromatic rings. The van der Waals surface area contributed by atoms with Crippen LogP contribution in [0, 0.1) is 5.82 Å². The number of fused-ring (bicyclic) bond motifs is 1. The van der Waals surface area contributed by atoms with Crippen molar-refractivity contribution in [3.05, 3.63) is 30.3 Å². The Balaban J connectivity index is 2.10. The van der Waals surface area contributed by atoms with E-state index in [1.54, 1.807) is 24.2 Å². The quantitative estimate of drug-likeness (QED) is 0.600. The number of thioether (sulfide) groups is 1. The summed E-state index contributed by atoms with van der Waals surface area (Å²) in [5, 5.41) is 1.66. The third-order valence-corrected chi connectivity index (χ3v) is 4.09. The summed E-state index contributed by atoms with van der Waals surface area (Å²) in [6.07, 6.45) is 1.54. The van der Waals surface area contributed by atoms with Crippen molar-refractivity contribution in [3.63, 3.8) is 0 Å². The van der Waals surface area contributed by atoms with Gasteiger partial charge in [0, 0.05) is 17.7 Å². The maximum atomic E-state index is 13.3. The number of halogens is 1. The molecule has 2 rings (SSSR count). The van der Waals surface area contributed by atoms with Gasteiger partial charge in [0.05, 0.1) is 5.52 Å². The van der Waals surface area contributed by atoms with Gasteiger partial charge in [-0.05, 0) is 31.3 Å². The third kappa shape index (κ3) is 3.64. The molecule has 1 aromatic heterocycles. The van der Waals surface area contributed by atoms with Crippen LogP contribution in [0.2, 0.25) is 0 Å². The highest BCUT2D eigenvalue weighted by molar-refractivity contribution is 7.99. The summed E-state index contributed by atoms with van der Waals surface area (Å²) in [6.45, 7) is 7.43. The molecule has 0 aliphatic carbocycles. The first-order chi connectivity index (χ1) is 9.24. The molecule has 3 nitrogen and oxygen atoms in total. The standard InChI is InChI=1S/C14H18FN3S/c1-3-18(4-2)7-8-19-14-12-9-11(15)5-6-13(12)16-10-17-14/h5-6,9-10H,3-4,7-8H2,1-2H3. The van der Waals surface area contributed by atoms with Gasteiger partial charge in [0.2, 0.25) is 0 Å². The van der Waals surface area contributed by atoms with Gasteiger partial charge in [-0.2, -0.15) is 0 Å². The Bertz CT molecular complexity index is 543. The highest BCUT2D eigenvalue weighted by Crippen LogP contribution is 2.24. The molecule has 0 radical (unpaired) electrons. The molecule has 0 amide bonds. The molecule has 19 heavy (non-hydrogen) atoms. The maximum absolute atomic E-state index is 13.3. The Morgan fingerprint density at radius 2 is 2.00 bits per heavy atom. The van der Waals surface area contributed by atoms with Gasteiger partial charge in [0.1, 0.15) is 17.2 Å². The summed E-state index contributed by atoms with van der Waals surface area (Å²) in [5.41, 5.74) is 0.793. The number of hydrogen-bond donors (Lipinski definition) is 0. The van der Waals surface area contributed by atoms with Crippen LogP contribution < -0.4 is 0 Å². The van der Waals surface area contributed by atoms with E-state index in [-0.39, 0.29) is 5.82 Å². The van der Waals surface area contributed by atoms with Gasteiger partial charge in [-0.25, -0.2) is 14.4 Å². The van der Waals surface area contributed by atoms with Gasteiger partial charge in [0.15, 0.2) is 0 Å². The molecule has 0 unspecified atom stereocenters. The first-order valence-corrected chi connectivity index (χ1v) is 7.48. The molecule has 0 aliphatic rings. The van der Waals surface area contributed by atoms with Gasteiger partial charge >= 0.3 is 0 Å². The van der Waals surface area contributed by atoms with Crippen LogP contribution in [0.25, 0.3) is 10.9 Å². The predicted octanol–water partition coefficient (Wildman–Crippen LogP) is 3.20. The van der Waals surface area contributed by atoms with E-state index in [0.717, 1.165) is 41.3 Å². The van der Waals surface area contributed by atoms with Crippen molar-refractivity contribution in [2.75, 3.05) is 25.4 Å². The zero-order valence-electron chi connectivity index (χ0n) is 11.3. The normalized spacial score (nSPS) is 11.4. The van der Waals surface area contributed by atoms with Crippen LogP contribution >= 0.6 is 11.8 Å². The van der Waals surface area contributed by atoms with Gasteiger partial charge in [-0.1, -0.05) is 13.8 Å². The summed E-state index contributed by atoms with van der Waals surface area (Å²) < 4.78 is 13.3. The van der Waals surface area contributed by atoms with E-state index in [1.165, 1.54) is 12.1 Å². The minimum atomic E-state index is -0.243. The van der Waals surface area contributed by atoms with Crippen molar-refractivity contribution < 1.29 is 4.39 Å². The van der Waals surface area contributed by atoms with E-state index in [1.807, 2.05) is 0 Å². The van der Waals surface area contributed by atoms with E-state index in [2.05, 4.69) is 28.7 Å². The number of benzene rings is 1. The van der Waals surface area contributed by atoms with Crippen molar-refractivity contribution in [3.8, 4) is 0 Å². The Labute approximate surface area is 117 Å².